The molecule has 0 unspecified atom stereocenters. The van der Waals surface area contributed by atoms with Gasteiger partial charge in [0.15, 0.2) is 0 Å². The number of aromatic nitrogens is 2. The van der Waals surface area contributed by atoms with Crippen LogP contribution in [0.1, 0.15) is 36.1 Å². The molecule has 0 radical (unpaired) electrons. The third-order valence-electron chi connectivity index (χ3n) is 3.30. The number of carboxylic acid groups (broad SMARTS) is 1. The number of aliphatic carboxylic acids is 1. The molecule has 1 heterocycles. The average molecular weight is 367 g/mol. The van der Waals surface area contributed by atoms with E-state index in [1.807, 2.05) is 0 Å². The van der Waals surface area contributed by atoms with Crippen LogP contribution in [0, 0.1) is 0 Å². The summed E-state index contributed by atoms with van der Waals surface area (Å²) in [5, 5.41) is 12.5. The van der Waals surface area contributed by atoms with E-state index >= 15 is 0 Å². The Labute approximate surface area is 147 Å². The van der Waals surface area contributed by atoms with E-state index in [2.05, 4.69) is 15.1 Å². The van der Waals surface area contributed by atoms with Crippen LogP contribution in [0.2, 0.25) is 0 Å². The van der Waals surface area contributed by atoms with Crippen LogP contribution in [0.3, 0.4) is 0 Å². The molecule has 26 heavy (non-hydrogen) atoms. The Morgan fingerprint density at radius 3 is 2.69 bits per heavy atom. The first-order valence-corrected chi connectivity index (χ1v) is 7.73. The SMILES string of the molecule is O=C(O)CCCCO/N=C(\c1cccc(C(F)(F)F)c1)c1cnccn1. The van der Waals surface area contributed by atoms with Crippen LogP contribution in [-0.4, -0.2) is 33.4 Å². The molecular formula is C17H16F3N3O3. The van der Waals surface area contributed by atoms with Gasteiger partial charge in [-0.2, -0.15) is 13.2 Å². The Kier molecular flexibility index (Phi) is 6.65. The van der Waals surface area contributed by atoms with Gasteiger partial charge in [-0.3, -0.25) is 14.8 Å². The predicted octanol–water partition coefficient (Wildman–Crippen LogP) is 3.52. The molecule has 0 spiro atoms. The lowest BCUT2D eigenvalue weighted by Crippen LogP contribution is -2.11. The van der Waals surface area contributed by atoms with E-state index in [1.54, 1.807) is 0 Å². The van der Waals surface area contributed by atoms with Crippen molar-refractivity contribution in [3.63, 3.8) is 0 Å². The highest BCUT2D eigenvalue weighted by molar-refractivity contribution is 6.11. The van der Waals surface area contributed by atoms with Gasteiger partial charge < -0.3 is 9.94 Å². The smallest absolute Gasteiger partial charge is 0.416 e. The molecule has 0 saturated heterocycles. The van der Waals surface area contributed by atoms with Crippen LogP contribution in [-0.2, 0) is 15.8 Å². The number of oxime groups is 1. The fourth-order valence-electron chi connectivity index (χ4n) is 2.06. The highest BCUT2D eigenvalue weighted by Crippen LogP contribution is 2.30. The molecule has 2 rings (SSSR count). The number of hydrogen-bond donors (Lipinski definition) is 1. The van der Waals surface area contributed by atoms with E-state index in [4.69, 9.17) is 9.94 Å². The first kappa shape index (κ1) is 19.4. The van der Waals surface area contributed by atoms with Crippen molar-refractivity contribution < 1.29 is 27.9 Å². The van der Waals surface area contributed by atoms with Crippen LogP contribution < -0.4 is 0 Å². The highest BCUT2D eigenvalue weighted by atomic mass is 19.4. The summed E-state index contributed by atoms with van der Waals surface area (Å²) < 4.78 is 38.8. The van der Waals surface area contributed by atoms with Gasteiger partial charge in [0.25, 0.3) is 0 Å². The summed E-state index contributed by atoms with van der Waals surface area (Å²) in [5.74, 6) is -0.905. The van der Waals surface area contributed by atoms with Crippen LogP contribution in [0.15, 0.2) is 48.0 Å². The molecule has 1 N–H and O–H groups in total. The van der Waals surface area contributed by atoms with Gasteiger partial charge in [-0.25, -0.2) is 0 Å². The summed E-state index contributed by atoms with van der Waals surface area (Å²) in [6.45, 7) is 0.135. The normalized spacial score (nSPS) is 12.0. The molecule has 0 amide bonds. The van der Waals surface area contributed by atoms with Crippen LogP contribution in [0.4, 0.5) is 13.2 Å². The van der Waals surface area contributed by atoms with Crippen molar-refractivity contribution in [3.8, 4) is 0 Å². The van der Waals surface area contributed by atoms with Crippen LogP contribution >= 0.6 is 0 Å². The number of unbranched alkanes of at least 4 members (excludes halogenated alkanes) is 1. The molecule has 0 atom stereocenters. The van der Waals surface area contributed by atoms with E-state index in [0.29, 0.717) is 12.8 Å². The molecule has 0 saturated carbocycles. The van der Waals surface area contributed by atoms with Crippen molar-refractivity contribution in [3.05, 3.63) is 59.7 Å². The molecule has 6 nitrogen and oxygen atoms in total. The van der Waals surface area contributed by atoms with Crippen LogP contribution in [0.25, 0.3) is 0 Å². The molecule has 1 aromatic heterocycles. The molecule has 0 aliphatic carbocycles. The number of alkyl halides is 3. The zero-order valence-corrected chi connectivity index (χ0v) is 13.6. The lowest BCUT2D eigenvalue weighted by Gasteiger charge is -2.10. The minimum Gasteiger partial charge on any atom is -0.481 e. The van der Waals surface area contributed by atoms with Gasteiger partial charge >= 0.3 is 12.1 Å². The fourth-order valence-corrected chi connectivity index (χ4v) is 2.06. The molecule has 0 fully saturated rings. The van der Waals surface area contributed by atoms with E-state index in [-0.39, 0.29) is 30.0 Å². The molecule has 138 valence electrons. The Hall–Kier alpha value is -2.97. The summed E-state index contributed by atoms with van der Waals surface area (Å²) in [5.41, 5.74) is -0.251. The second-order valence-electron chi connectivity index (χ2n) is 5.29. The zero-order valence-electron chi connectivity index (χ0n) is 13.6. The van der Waals surface area contributed by atoms with E-state index in [9.17, 15) is 18.0 Å². The van der Waals surface area contributed by atoms with Gasteiger partial charge in [-0.15, -0.1) is 0 Å². The molecule has 0 aliphatic rings. The summed E-state index contributed by atoms with van der Waals surface area (Å²) in [6, 6.07) is 4.67. The van der Waals surface area contributed by atoms with E-state index in [0.717, 1.165) is 12.1 Å². The summed E-state index contributed by atoms with van der Waals surface area (Å²) in [4.78, 5) is 23.6. The van der Waals surface area contributed by atoms with Crippen LogP contribution in [0.5, 0.6) is 0 Å². The Morgan fingerprint density at radius 2 is 2.04 bits per heavy atom. The number of rotatable bonds is 8. The van der Waals surface area contributed by atoms with Crippen molar-refractivity contribution in [2.75, 3.05) is 6.61 Å². The van der Waals surface area contributed by atoms with Crippen molar-refractivity contribution in [2.24, 2.45) is 5.16 Å². The topological polar surface area (TPSA) is 84.7 Å². The van der Waals surface area contributed by atoms with E-state index in [1.165, 1.54) is 30.7 Å². The number of hydrogen-bond acceptors (Lipinski definition) is 5. The monoisotopic (exact) mass is 367 g/mol. The van der Waals surface area contributed by atoms with Gasteiger partial charge in [0.1, 0.15) is 18.0 Å². The van der Waals surface area contributed by atoms with Gasteiger partial charge in [-0.1, -0.05) is 17.3 Å². The third kappa shape index (κ3) is 5.83. The summed E-state index contributed by atoms with van der Waals surface area (Å²) >= 11 is 0. The van der Waals surface area contributed by atoms with Gasteiger partial charge in [0, 0.05) is 24.4 Å². The first-order chi connectivity index (χ1) is 12.4. The lowest BCUT2D eigenvalue weighted by molar-refractivity contribution is -0.138. The quantitative estimate of drug-likeness (QED) is 0.438. The van der Waals surface area contributed by atoms with Crippen molar-refractivity contribution >= 4 is 11.7 Å². The Balaban J connectivity index is 2.20. The second kappa shape index (κ2) is 8.93. The Bertz CT molecular complexity index is 765. The van der Waals surface area contributed by atoms with Crippen molar-refractivity contribution in [2.45, 2.75) is 25.4 Å². The highest BCUT2D eigenvalue weighted by Gasteiger charge is 2.31. The maximum absolute atomic E-state index is 12.9. The number of halogens is 3. The maximum atomic E-state index is 12.9. The standard InChI is InChI=1S/C17H16F3N3O3/c18-17(19,20)13-5-3-4-12(10-13)16(14-11-21-7-8-22-14)23-26-9-2-1-6-15(24)25/h3-5,7-8,10-11H,1-2,6,9H2,(H,24,25)/b23-16+. The molecule has 0 aliphatic heterocycles. The molecule has 2 aromatic rings. The molecule has 9 heteroatoms. The average Bonchev–Trinajstić information content (AvgIpc) is 2.61. The maximum Gasteiger partial charge on any atom is 0.416 e. The summed E-state index contributed by atoms with van der Waals surface area (Å²) in [6.07, 6.45) is 0.581. The minimum atomic E-state index is -4.48. The fraction of sp³-hybridized carbons (Fsp3) is 0.294. The summed E-state index contributed by atoms with van der Waals surface area (Å²) in [7, 11) is 0. The lowest BCUT2D eigenvalue weighted by atomic mass is 10.0. The van der Waals surface area contributed by atoms with E-state index < -0.39 is 17.7 Å². The number of nitrogens with zero attached hydrogens (tertiary/aromatic N) is 3. The molecular weight excluding hydrogens is 351 g/mol. The van der Waals surface area contributed by atoms with Gasteiger partial charge in [0.05, 0.1) is 11.8 Å². The molecule has 0 bridgehead atoms. The van der Waals surface area contributed by atoms with Gasteiger partial charge in [-0.05, 0) is 25.0 Å². The molecule has 1 aromatic carbocycles. The predicted molar refractivity (Wildman–Crippen MR) is 86.6 cm³/mol. The number of carbonyl (C=O) groups is 1. The largest absolute Gasteiger partial charge is 0.481 e. The Morgan fingerprint density at radius 1 is 1.23 bits per heavy atom. The zero-order chi connectivity index (χ0) is 19.0. The minimum absolute atomic E-state index is 0.0116. The first-order valence-electron chi connectivity index (χ1n) is 7.73. The van der Waals surface area contributed by atoms with Crippen molar-refractivity contribution in [1.29, 1.82) is 0 Å². The number of benzene rings is 1. The third-order valence-corrected chi connectivity index (χ3v) is 3.30. The number of carboxylic acids is 1. The second-order valence-corrected chi connectivity index (χ2v) is 5.29. The van der Waals surface area contributed by atoms with Gasteiger partial charge in [0.2, 0.25) is 0 Å². The van der Waals surface area contributed by atoms with Crippen molar-refractivity contribution in [1.82, 2.24) is 9.97 Å².